The average Bonchev–Trinajstić information content (AvgIpc) is 3.23. The quantitative estimate of drug-likeness (QED) is 0.471. The summed E-state index contributed by atoms with van der Waals surface area (Å²) in [5.41, 5.74) is 5.13. The van der Waals surface area contributed by atoms with Crippen LogP contribution >= 0.6 is 0 Å². The molecular weight excluding hydrogens is 367 g/mol. The molecule has 0 radical (unpaired) electrons. The normalized spacial score (nSPS) is 11.2. The van der Waals surface area contributed by atoms with Gasteiger partial charge in [0.1, 0.15) is 17.7 Å². The van der Waals surface area contributed by atoms with E-state index in [1.54, 1.807) is 24.7 Å². The van der Waals surface area contributed by atoms with E-state index >= 15 is 0 Å². The Morgan fingerprint density at radius 3 is 2.86 bits per heavy atom. The first-order chi connectivity index (χ1) is 14.3. The van der Waals surface area contributed by atoms with Gasteiger partial charge in [-0.1, -0.05) is 30.3 Å². The third-order valence-corrected chi connectivity index (χ3v) is 4.88. The van der Waals surface area contributed by atoms with Crippen molar-refractivity contribution in [3.05, 3.63) is 78.8 Å². The summed E-state index contributed by atoms with van der Waals surface area (Å²) in [4.78, 5) is 20.2. The zero-order valence-corrected chi connectivity index (χ0v) is 15.4. The number of anilines is 1. The highest BCUT2D eigenvalue weighted by molar-refractivity contribution is 5.95. The Labute approximate surface area is 165 Å². The molecule has 0 saturated heterocycles. The highest BCUT2D eigenvalue weighted by Crippen LogP contribution is 2.31. The van der Waals surface area contributed by atoms with Crippen molar-refractivity contribution in [2.75, 3.05) is 11.9 Å². The SMILES string of the molecule is Fc1cccc(-c2c(CCNc3ncnc4nc[nH]c34)ccc3cccnc23)c1. The molecule has 0 aliphatic carbocycles. The number of aromatic nitrogens is 5. The Morgan fingerprint density at radius 1 is 0.966 bits per heavy atom. The van der Waals surface area contributed by atoms with Gasteiger partial charge in [-0.05, 0) is 35.7 Å². The zero-order chi connectivity index (χ0) is 19.6. The van der Waals surface area contributed by atoms with Crippen LogP contribution in [-0.4, -0.2) is 31.5 Å². The number of aromatic amines is 1. The summed E-state index contributed by atoms with van der Waals surface area (Å²) >= 11 is 0. The van der Waals surface area contributed by atoms with Gasteiger partial charge in [-0.2, -0.15) is 0 Å². The van der Waals surface area contributed by atoms with Gasteiger partial charge in [-0.3, -0.25) is 4.98 Å². The molecule has 5 rings (SSSR count). The van der Waals surface area contributed by atoms with E-state index in [1.165, 1.54) is 12.4 Å². The van der Waals surface area contributed by atoms with Gasteiger partial charge in [0, 0.05) is 23.7 Å². The minimum absolute atomic E-state index is 0.262. The summed E-state index contributed by atoms with van der Waals surface area (Å²) < 4.78 is 13.9. The summed E-state index contributed by atoms with van der Waals surface area (Å²) in [7, 11) is 0. The summed E-state index contributed by atoms with van der Waals surface area (Å²) in [5, 5.41) is 4.37. The van der Waals surface area contributed by atoms with Gasteiger partial charge in [0.2, 0.25) is 0 Å². The first kappa shape index (κ1) is 17.2. The number of nitrogens with one attached hydrogen (secondary N) is 2. The van der Waals surface area contributed by atoms with Gasteiger partial charge in [0.05, 0.1) is 11.8 Å². The molecule has 2 aromatic carbocycles. The van der Waals surface area contributed by atoms with Crippen molar-refractivity contribution in [1.29, 1.82) is 0 Å². The topological polar surface area (TPSA) is 79.4 Å². The molecule has 5 aromatic rings. The van der Waals surface area contributed by atoms with E-state index in [-0.39, 0.29) is 5.82 Å². The highest BCUT2D eigenvalue weighted by Gasteiger charge is 2.12. The maximum absolute atomic E-state index is 13.9. The van der Waals surface area contributed by atoms with Crippen LogP contribution in [-0.2, 0) is 6.42 Å². The molecule has 0 spiro atoms. The predicted molar refractivity (Wildman–Crippen MR) is 111 cm³/mol. The lowest BCUT2D eigenvalue weighted by Gasteiger charge is -2.14. The Bertz CT molecular complexity index is 1310. The number of hydrogen-bond donors (Lipinski definition) is 2. The van der Waals surface area contributed by atoms with E-state index in [4.69, 9.17) is 0 Å². The Hall–Kier alpha value is -3.87. The molecule has 6 nitrogen and oxygen atoms in total. The van der Waals surface area contributed by atoms with Crippen molar-refractivity contribution in [3.63, 3.8) is 0 Å². The molecule has 142 valence electrons. The van der Waals surface area contributed by atoms with Crippen molar-refractivity contribution in [2.45, 2.75) is 6.42 Å². The summed E-state index contributed by atoms with van der Waals surface area (Å²) in [6, 6.07) is 14.7. The number of hydrogen-bond acceptors (Lipinski definition) is 5. The maximum Gasteiger partial charge on any atom is 0.182 e. The van der Waals surface area contributed by atoms with Gasteiger partial charge in [-0.15, -0.1) is 0 Å². The highest BCUT2D eigenvalue weighted by atomic mass is 19.1. The van der Waals surface area contributed by atoms with Crippen LogP contribution in [0.1, 0.15) is 5.56 Å². The van der Waals surface area contributed by atoms with Crippen LogP contribution in [0, 0.1) is 5.82 Å². The van der Waals surface area contributed by atoms with E-state index in [1.807, 2.05) is 18.2 Å². The van der Waals surface area contributed by atoms with Crippen molar-refractivity contribution >= 4 is 27.9 Å². The van der Waals surface area contributed by atoms with Crippen LogP contribution in [0.3, 0.4) is 0 Å². The number of imidazole rings is 1. The number of H-pyrrole nitrogens is 1. The number of halogens is 1. The molecule has 0 aliphatic heterocycles. The standard InChI is InChI=1S/C22H17FN6/c23-17-5-1-3-16(11-17)18-14(6-7-15-4-2-9-24-19(15)18)8-10-25-21-20-22(27-12-26-20)29-13-28-21/h1-7,9,11-13H,8,10H2,(H2,25,26,27,28,29). The Balaban J connectivity index is 1.50. The molecule has 0 atom stereocenters. The molecule has 0 saturated carbocycles. The summed E-state index contributed by atoms with van der Waals surface area (Å²) in [6.07, 6.45) is 5.58. The smallest absolute Gasteiger partial charge is 0.182 e. The molecule has 3 aromatic heterocycles. The van der Waals surface area contributed by atoms with Crippen molar-refractivity contribution < 1.29 is 4.39 Å². The van der Waals surface area contributed by atoms with Crippen LogP contribution in [0.25, 0.3) is 33.2 Å². The fraction of sp³-hybridized carbons (Fsp3) is 0.0909. The zero-order valence-electron chi connectivity index (χ0n) is 15.4. The van der Waals surface area contributed by atoms with Crippen LogP contribution in [0.5, 0.6) is 0 Å². The Morgan fingerprint density at radius 2 is 1.93 bits per heavy atom. The fourth-order valence-electron chi connectivity index (χ4n) is 3.58. The van der Waals surface area contributed by atoms with Gasteiger partial charge in [0.25, 0.3) is 0 Å². The van der Waals surface area contributed by atoms with E-state index < -0.39 is 0 Å². The monoisotopic (exact) mass is 384 g/mol. The third kappa shape index (κ3) is 3.27. The minimum atomic E-state index is -0.262. The lowest BCUT2D eigenvalue weighted by Crippen LogP contribution is -2.08. The lowest BCUT2D eigenvalue weighted by molar-refractivity contribution is 0.628. The molecule has 7 heteroatoms. The number of rotatable bonds is 5. The second kappa shape index (κ2) is 7.27. The first-order valence-corrected chi connectivity index (χ1v) is 9.30. The largest absolute Gasteiger partial charge is 0.368 e. The van der Waals surface area contributed by atoms with E-state index in [0.29, 0.717) is 18.0 Å². The van der Waals surface area contributed by atoms with E-state index in [9.17, 15) is 4.39 Å². The minimum Gasteiger partial charge on any atom is -0.368 e. The van der Waals surface area contributed by atoms with Crippen LogP contribution in [0.2, 0.25) is 0 Å². The van der Waals surface area contributed by atoms with Gasteiger partial charge >= 0.3 is 0 Å². The molecule has 0 aliphatic rings. The van der Waals surface area contributed by atoms with Gasteiger partial charge in [-0.25, -0.2) is 19.3 Å². The van der Waals surface area contributed by atoms with E-state index in [2.05, 4.69) is 42.4 Å². The molecule has 29 heavy (non-hydrogen) atoms. The molecular formula is C22H17FN6. The first-order valence-electron chi connectivity index (χ1n) is 9.30. The second-order valence-corrected chi connectivity index (χ2v) is 6.69. The maximum atomic E-state index is 13.9. The van der Waals surface area contributed by atoms with Gasteiger partial charge in [0.15, 0.2) is 11.5 Å². The molecule has 0 unspecified atom stereocenters. The summed E-state index contributed by atoms with van der Waals surface area (Å²) in [5.74, 6) is 0.445. The van der Waals surface area contributed by atoms with Crippen LogP contribution < -0.4 is 5.32 Å². The predicted octanol–water partition coefficient (Wildman–Crippen LogP) is 4.36. The lowest BCUT2D eigenvalue weighted by atomic mass is 9.94. The van der Waals surface area contributed by atoms with Crippen molar-refractivity contribution in [3.8, 4) is 11.1 Å². The van der Waals surface area contributed by atoms with Gasteiger partial charge < -0.3 is 10.3 Å². The van der Waals surface area contributed by atoms with Crippen molar-refractivity contribution in [2.24, 2.45) is 0 Å². The fourth-order valence-corrected chi connectivity index (χ4v) is 3.58. The van der Waals surface area contributed by atoms with Crippen molar-refractivity contribution in [1.82, 2.24) is 24.9 Å². The number of pyridine rings is 1. The molecule has 0 bridgehead atoms. The number of benzene rings is 2. The molecule has 2 N–H and O–H groups in total. The average molecular weight is 384 g/mol. The summed E-state index contributed by atoms with van der Waals surface area (Å²) in [6.45, 7) is 0.645. The molecule has 3 heterocycles. The Kier molecular flexibility index (Phi) is 4.32. The molecule has 0 fully saturated rings. The van der Waals surface area contributed by atoms with E-state index in [0.717, 1.165) is 39.5 Å². The van der Waals surface area contributed by atoms with Crippen LogP contribution in [0.15, 0.2) is 67.4 Å². The number of nitrogens with zero attached hydrogens (tertiary/aromatic N) is 4. The number of fused-ring (bicyclic) bond motifs is 2. The van der Waals surface area contributed by atoms with Crippen LogP contribution in [0.4, 0.5) is 10.2 Å². The second-order valence-electron chi connectivity index (χ2n) is 6.69. The molecule has 0 amide bonds. The third-order valence-electron chi connectivity index (χ3n) is 4.88.